The number of aryl methyl sites for hydroxylation is 1. The molecule has 0 aliphatic carbocycles. The Hall–Kier alpha value is -1.27. The first kappa shape index (κ1) is 13.8. The van der Waals surface area contributed by atoms with Gasteiger partial charge in [-0.3, -0.25) is 15.5 Å². The summed E-state index contributed by atoms with van der Waals surface area (Å²) in [5, 5.41) is 19.0. The van der Waals surface area contributed by atoms with Crippen LogP contribution in [-0.2, 0) is 0 Å². The number of hydrogen-bond donors (Lipinski definition) is 1. The Balaban J connectivity index is 0.00000144. The van der Waals surface area contributed by atoms with Crippen molar-refractivity contribution in [2.75, 3.05) is 17.2 Å². The lowest BCUT2D eigenvalue weighted by atomic mass is 10.2. The fourth-order valence-corrected chi connectivity index (χ4v) is 2.46. The second kappa shape index (κ2) is 5.37. The Kier molecular flexibility index (Phi) is 4.36. The molecule has 0 unspecified atom stereocenters. The summed E-state index contributed by atoms with van der Waals surface area (Å²) in [5.74, 6) is 0.809. The fraction of sp³-hybridized carbons (Fsp3) is 0.300. The van der Waals surface area contributed by atoms with E-state index in [2.05, 4.69) is 0 Å². The third-order valence-electron chi connectivity index (χ3n) is 2.42. The van der Waals surface area contributed by atoms with Crippen LogP contribution in [0, 0.1) is 22.4 Å². The zero-order valence-corrected chi connectivity index (χ0v) is 10.8. The number of nitro groups is 1. The summed E-state index contributed by atoms with van der Waals surface area (Å²) in [6, 6.07) is 5.10. The lowest BCUT2D eigenvalue weighted by Crippen LogP contribution is -2.23. The van der Waals surface area contributed by atoms with Crippen LogP contribution in [0.3, 0.4) is 0 Å². The number of nitrogens with zero attached hydrogens (tertiary/aromatic N) is 2. The van der Waals surface area contributed by atoms with Crippen LogP contribution in [0.4, 0.5) is 11.4 Å². The van der Waals surface area contributed by atoms with Gasteiger partial charge in [0.25, 0.3) is 5.69 Å². The number of thioether (sulfide) groups is 1. The Bertz CT molecular complexity index is 467. The van der Waals surface area contributed by atoms with Gasteiger partial charge < -0.3 is 4.90 Å². The lowest BCUT2D eigenvalue weighted by molar-refractivity contribution is -0.384. The van der Waals surface area contributed by atoms with Crippen LogP contribution in [0.1, 0.15) is 5.56 Å². The van der Waals surface area contributed by atoms with Crippen LogP contribution in [0.5, 0.6) is 0 Å². The van der Waals surface area contributed by atoms with E-state index in [0.717, 1.165) is 11.3 Å². The maximum atomic E-state index is 10.9. The zero-order valence-electron chi connectivity index (χ0n) is 9.17. The van der Waals surface area contributed by atoms with E-state index in [-0.39, 0.29) is 18.1 Å². The van der Waals surface area contributed by atoms with E-state index in [9.17, 15) is 10.1 Å². The third-order valence-corrected chi connectivity index (χ3v) is 3.30. The summed E-state index contributed by atoms with van der Waals surface area (Å²) in [6.45, 7) is 2.48. The molecular weight excluding hydrogens is 262 g/mol. The average Bonchev–Trinajstić information content (AvgIpc) is 2.64. The number of anilines is 1. The largest absolute Gasteiger partial charge is 0.315 e. The second-order valence-corrected chi connectivity index (χ2v) is 4.64. The minimum atomic E-state index is -0.390. The monoisotopic (exact) mass is 273 g/mol. The van der Waals surface area contributed by atoms with E-state index in [1.165, 1.54) is 11.8 Å². The normalized spacial score (nSPS) is 14.6. The molecular formula is C10H12ClN3O2S. The zero-order chi connectivity index (χ0) is 11.7. The molecule has 1 aromatic carbocycles. The number of halogens is 1. The molecule has 0 saturated carbocycles. The number of hydrogen-bond acceptors (Lipinski definition) is 4. The van der Waals surface area contributed by atoms with Crippen molar-refractivity contribution in [1.29, 1.82) is 5.41 Å². The van der Waals surface area contributed by atoms with Gasteiger partial charge in [0.1, 0.15) is 5.69 Å². The lowest BCUT2D eigenvalue weighted by Gasteiger charge is -2.16. The minimum absolute atomic E-state index is 0. The Morgan fingerprint density at radius 1 is 1.53 bits per heavy atom. The van der Waals surface area contributed by atoms with E-state index in [0.29, 0.717) is 17.4 Å². The SMILES string of the molecule is Cc1ccc(N2CCSC2=N)c([N+](=O)[O-])c1.Cl. The highest BCUT2D eigenvalue weighted by Gasteiger charge is 2.26. The van der Waals surface area contributed by atoms with Gasteiger partial charge in [0.05, 0.1) is 4.92 Å². The van der Waals surface area contributed by atoms with Crippen molar-refractivity contribution in [2.24, 2.45) is 0 Å². The van der Waals surface area contributed by atoms with Crippen molar-refractivity contribution in [2.45, 2.75) is 6.92 Å². The van der Waals surface area contributed by atoms with Gasteiger partial charge >= 0.3 is 0 Å². The molecule has 0 atom stereocenters. The molecule has 7 heteroatoms. The van der Waals surface area contributed by atoms with Crippen LogP contribution in [0.15, 0.2) is 18.2 Å². The summed E-state index contributed by atoms with van der Waals surface area (Å²) in [4.78, 5) is 12.2. The molecule has 92 valence electrons. The van der Waals surface area contributed by atoms with Gasteiger partial charge in [-0.05, 0) is 18.6 Å². The van der Waals surface area contributed by atoms with Gasteiger partial charge in [-0.2, -0.15) is 0 Å². The van der Waals surface area contributed by atoms with E-state index < -0.39 is 4.92 Å². The smallest absolute Gasteiger partial charge is 0.293 e. The molecule has 17 heavy (non-hydrogen) atoms. The van der Waals surface area contributed by atoms with Crippen molar-refractivity contribution in [3.63, 3.8) is 0 Å². The van der Waals surface area contributed by atoms with E-state index >= 15 is 0 Å². The first-order chi connectivity index (χ1) is 7.59. The summed E-state index contributed by atoms with van der Waals surface area (Å²) in [5.41, 5.74) is 1.45. The summed E-state index contributed by atoms with van der Waals surface area (Å²) in [7, 11) is 0. The molecule has 1 aromatic rings. The quantitative estimate of drug-likeness (QED) is 0.664. The summed E-state index contributed by atoms with van der Waals surface area (Å²) >= 11 is 1.41. The molecule has 1 saturated heterocycles. The first-order valence-electron chi connectivity index (χ1n) is 4.83. The molecule has 1 N–H and O–H groups in total. The average molecular weight is 274 g/mol. The Morgan fingerprint density at radius 2 is 2.24 bits per heavy atom. The number of benzene rings is 1. The van der Waals surface area contributed by atoms with Crippen molar-refractivity contribution < 1.29 is 4.92 Å². The van der Waals surface area contributed by atoms with Gasteiger partial charge in [0.2, 0.25) is 0 Å². The maximum absolute atomic E-state index is 10.9. The molecule has 1 aliphatic rings. The van der Waals surface area contributed by atoms with Crippen molar-refractivity contribution in [3.8, 4) is 0 Å². The second-order valence-electron chi connectivity index (χ2n) is 3.55. The predicted octanol–water partition coefficient (Wildman–Crippen LogP) is 2.81. The molecule has 0 bridgehead atoms. The maximum Gasteiger partial charge on any atom is 0.293 e. The van der Waals surface area contributed by atoms with E-state index in [4.69, 9.17) is 5.41 Å². The molecule has 1 fully saturated rings. The number of nitro benzene ring substituents is 1. The fourth-order valence-electron chi connectivity index (χ4n) is 1.65. The highest BCUT2D eigenvalue weighted by molar-refractivity contribution is 8.14. The van der Waals surface area contributed by atoms with Crippen LogP contribution < -0.4 is 4.90 Å². The highest BCUT2D eigenvalue weighted by Crippen LogP contribution is 2.33. The van der Waals surface area contributed by atoms with Crippen LogP contribution in [-0.4, -0.2) is 22.4 Å². The van der Waals surface area contributed by atoms with Crippen LogP contribution in [0.2, 0.25) is 0 Å². The highest BCUT2D eigenvalue weighted by atomic mass is 35.5. The van der Waals surface area contributed by atoms with Crippen LogP contribution in [0.25, 0.3) is 0 Å². The molecule has 0 amide bonds. The van der Waals surface area contributed by atoms with Gasteiger partial charge in [0, 0.05) is 18.4 Å². The topological polar surface area (TPSA) is 70.2 Å². The number of rotatable bonds is 2. The molecule has 5 nitrogen and oxygen atoms in total. The Labute approximate surface area is 109 Å². The summed E-state index contributed by atoms with van der Waals surface area (Å²) in [6.07, 6.45) is 0. The third kappa shape index (κ3) is 2.70. The first-order valence-corrected chi connectivity index (χ1v) is 5.82. The van der Waals surface area contributed by atoms with Gasteiger partial charge in [-0.25, -0.2) is 0 Å². The molecule has 1 aliphatic heterocycles. The molecule has 0 spiro atoms. The Morgan fingerprint density at radius 3 is 2.76 bits per heavy atom. The van der Waals surface area contributed by atoms with Gasteiger partial charge in [0.15, 0.2) is 5.17 Å². The van der Waals surface area contributed by atoms with Crippen molar-refractivity contribution >= 4 is 40.7 Å². The molecule has 1 heterocycles. The predicted molar refractivity (Wildman–Crippen MR) is 72.6 cm³/mol. The van der Waals surface area contributed by atoms with Gasteiger partial charge in [-0.15, -0.1) is 12.4 Å². The van der Waals surface area contributed by atoms with E-state index in [1.54, 1.807) is 17.0 Å². The van der Waals surface area contributed by atoms with E-state index in [1.807, 2.05) is 13.0 Å². The van der Waals surface area contributed by atoms with Gasteiger partial charge in [-0.1, -0.05) is 17.8 Å². The molecule has 0 aromatic heterocycles. The molecule has 2 rings (SSSR count). The number of amidine groups is 1. The van der Waals surface area contributed by atoms with Crippen molar-refractivity contribution in [3.05, 3.63) is 33.9 Å². The minimum Gasteiger partial charge on any atom is -0.315 e. The van der Waals surface area contributed by atoms with Crippen molar-refractivity contribution in [1.82, 2.24) is 0 Å². The van der Waals surface area contributed by atoms with Crippen LogP contribution >= 0.6 is 24.2 Å². The standard InChI is InChI=1S/C10H11N3O2S.ClH/c1-7-2-3-8(9(6-7)13(14)15)12-4-5-16-10(12)11;/h2-3,6,11H,4-5H2,1H3;1H. The number of nitrogens with one attached hydrogen (secondary N) is 1. The molecule has 0 radical (unpaired) electrons. The summed E-state index contributed by atoms with van der Waals surface area (Å²) < 4.78 is 0.